The third kappa shape index (κ3) is 4.41. The molecular weight excluding hydrogens is 380 g/mol. The van der Waals surface area contributed by atoms with Crippen LogP contribution in [0.15, 0.2) is 42.5 Å². The minimum Gasteiger partial charge on any atom is -0.341 e. The summed E-state index contributed by atoms with van der Waals surface area (Å²) in [5, 5.41) is 5.16. The van der Waals surface area contributed by atoms with E-state index in [9.17, 15) is 23.2 Å². The zero-order chi connectivity index (χ0) is 21.0. The van der Waals surface area contributed by atoms with E-state index < -0.39 is 35.3 Å². The number of nitrogens with one attached hydrogen (secondary N) is 2. The fraction of sp³-hybridized carbons (Fsp3) is 0.190. The van der Waals surface area contributed by atoms with Crippen molar-refractivity contribution in [2.45, 2.75) is 6.42 Å². The minimum absolute atomic E-state index is 0.0381. The Morgan fingerprint density at radius 1 is 1.21 bits per heavy atom. The number of nitrogens with zero attached hydrogens (tertiary/aromatic N) is 1. The summed E-state index contributed by atoms with van der Waals surface area (Å²) in [6.45, 7) is -0.0187. The molecule has 6 nitrogen and oxygen atoms in total. The molecule has 0 bridgehead atoms. The van der Waals surface area contributed by atoms with Crippen molar-refractivity contribution in [1.82, 2.24) is 5.32 Å². The molecule has 0 aromatic heterocycles. The highest BCUT2D eigenvalue weighted by atomic mass is 19.1. The van der Waals surface area contributed by atoms with E-state index in [1.165, 1.54) is 6.07 Å². The largest absolute Gasteiger partial charge is 0.341 e. The van der Waals surface area contributed by atoms with Crippen molar-refractivity contribution in [3.63, 3.8) is 0 Å². The summed E-state index contributed by atoms with van der Waals surface area (Å²) in [5.74, 6) is -1.48. The summed E-state index contributed by atoms with van der Waals surface area (Å²) in [4.78, 5) is 38.2. The average molecular weight is 397 g/mol. The van der Waals surface area contributed by atoms with E-state index in [-0.39, 0.29) is 36.4 Å². The fourth-order valence-electron chi connectivity index (χ4n) is 3.07. The highest BCUT2D eigenvalue weighted by molar-refractivity contribution is 6.07. The lowest BCUT2D eigenvalue weighted by Gasteiger charge is -2.18. The van der Waals surface area contributed by atoms with Gasteiger partial charge in [0.05, 0.1) is 29.4 Å². The molecule has 29 heavy (non-hydrogen) atoms. The molecule has 0 radical (unpaired) electrons. The molecule has 0 saturated carbocycles. The average Bonchev–Trinajstić information content (AvgIpc) is 3.08. The van der Waals surface area contributed by atoms with Gasteiger partial charge in [0.15, 0.2) is 0 Å². The van der Waals surface area contributed by atoms with E-state index >= 15 is 0 Å². The highest BCUT2D eigenvalue weighted by Gasteiger charge is 2.36. The lowest BCUT2D eigenvalue weighted by Crippen LogP contribution is -2.30. The number of para-hydroxylation sites is 1. The maximum absolute atomic E-state index is 14.0. The van der Waals surface area contributed by atoms with Crippen LogP contribution in [0.2, 0.25) is 0 Å². The van der Waals surface area contributed by atoms with Crippen LogP contribution < -0.4 is 15.5 Å². The quantitative estimate of drug-likeness (QED) is 0.760. The van der Waals surface area contributed by atoms with Gasteiger partial charge in [-0.05, 0) is 24.3 Å². The van der Waals surface area contributed by atoms with E-state index in [1.807, 2.05) is 0 Å². The first kappa shape index (κ1) is 20.0. The van der Waals surface area contributed by atoms with E-state index in [1.54, 1.807) is 18.2 Å². The van der Waals surface area contributed by atoms with Gasteiger partial charge in [-0.3, -0.25) is 14.4 Å². The van der Waals surface area contributed by atoms with Gasteiger partial charge >= 0.3 is 0 Å². The van der Waals surface area contributed by atoms with Crippen LogP contribution in [0, 0.1) is 29.9 Å². The summed E-state index contributed by atoms with van der Waals surface area (Å²) < 4.78 is 27.1. The van der Waals surface area contributed by atoms with Crippen molar-refractivity contribution >= 4 is 29.1 Å². The predicted molar refractivity (Wildman–Crippen MR) is 103 cm³/mol. The number of halogens is 2. The summed E-state index contributed by atoms with van der Waals surface area (Å²) in [6.07, 6.45) is 5.00. The Morgan fingerprint density at radius 2 is 1.97 bits per heavy atom. The Kier molecular flexibility index (Phi) is 5.88. The van der Waals surface area contributed by atoms with Crippen molar-refractivity contribution in [2.24, 2.45) is 5.92 Å². The smallest absolute Gasteiger partial charge is 0.254 e. The molecule has 1 heterocycles. The Hall–Kier alpha value is -3.73. The summed E-state index contributed by atoms with van der Waals surface area (Å²) in [5.41, 5.74) is 0.411. The topological polar surface area (TPSA) is 78.5 Å². The second kappa shape index (κ2) is 8.52. The van der Waals surface area contributed by atoms with Gasteiger partial charge < -0.3 is 15.5 Å². The number of rotatable bonds is 5. The monoisotopic (exact) mass is 397 g/mol. The summed E-state index contributed by atoms with van der Waals surface area (Å²) >= 11 is 0. The van der Waals surface area contributed by atoms with E-state index in [0.29, 0.717) is 6.07 Å². The lowest BCUT2D eigenvalue weighted by atomic mass is 10.1. The number of terminal acetylenes is 1. The molecule has 1 atom stereocenters. The number of hydrogen-bond acceptors (Lipinski definition) is 3. The van der Waals surface area contributed by atoms with Gasteiger partial charge in [0.2, 0.25) is 11.8 Å². The molecule has 2 aromatic carbocycles. The minimum atomic E-state index is -0.880. The second-order valence-electron chi connectivity index (χ2n) is 6.42. The van der Waals surface area contributed by atoms with Crippen molar-refractivity contribution in [2.75, 3.05) is 23.3 Å². The molecule has 1 unspecified atom stereocenters. The van der Waals surface area contributed by atoms with Crippen LogP contribution in [0.1, 0.15) is 16.8 Å². The van der Waals surface area contributed by atoms with Gasteiger partial charge in [-0.15, -0.1) is 6.42 Å². The first-order chi connectivity index (χ1) is 13.9. The van der Waals surface area contributed by atoms with Gasteiger partial charge in [-0.1, -0.05) is 18.1 Å². The molecule has 3 amide bonds. The zero-order valence-electron chi connectivity index (χ0n) is 15.2. The third-order valence-corrected chi connectivity index (χ3v) is 4.48. The fourth-order valence-corrected chi connectivity index (χ4v) is 3.07. The Bertz CT molecular complexity index is 1020. The van der Waals surface area contributed by atoms with E-state index in [4.69, 9.17) is 6.42 Å². The molecule has 1 saturated heterocycles. The summed E-state index contributed by atoms with van der Waals surface area (Å²) in [7, 11) is 0. The maximum Gasteiger partial charge on any atom is 0.254 e. The van der Waals surface area contributed by atoms with Crippen LogP contribution in [-0.4, -0.2) is 30.8 Å². The molecular formula is C21H17F2N3O3. The van der Waals surface area contributed by atoms with Crippen molar-refractivity contribution in [3.05, 3.63) is 59.7 Å². The van der Waals surface area contributed by atoms with Crippen LogP contribution in [0.25, 0.3) is 0 Å². The predicted octanol–water partition coefficient (Wildman–Crippen LogP) is 2.32. The number of benzene rings is 2. The zero-order valence-corrected chi connectivity index (χ0v) is 15.2. The Balaban J connectivity index is 1.74. The molecule has 8 heteroatoms. The maximum atomic E-state index is 14.0. The normalized spacial score (nSPS) is 15.7. The van der Waals surface area contributed by atoms with Gasteiger partial charge in [-0.25, -0.2) is 8.78 Å². The van der Waals surface area contributed by atoms with Crippen LogP contribution in [0.3, 0.4) is 0 Å². The molecule has 2 aromatic rings. The molecule has 1 aliphatic rings. The second-order valence-corrected chi connectivity index (χ2v) is 6.42. The summed E-state index contributed by atoms with van der Waals surface area (Å²) in [6, 6.07) is 9.25. The van der Waals surface area contributed by atoms with Crippen LogP contribution in [0.4, 0.5) is 20.2 Å². The molecule has 148 valence electrons. The first-order valence-corrected chi connectivity index (χ1v) is 8.77. The molecule has 1 fully saturated rings. The molecule has 1 aliphatic heterocycles. The molecule has 0 spiro atoms. The Labute approximate surface area is 165 Å². The van der Waals surface area contributed by atoms with Crippen molar-refractivity contribution in [1.29, 1.82) is 0 Å². The van der Waals surface area contributed by atoms with Gasteiger partial charge in [0.25, 0.3) is 5.91 Å². The first-order valence-electron chi connectivity index (χ1n) is 8.77. The van der Waals surface area contributed by atoms with Gasteiger partial charge in [0, 0.05) is 19.0 Å². The van der Waals surface area contributed by atoms with E-state index in [2.05, 4.69) is 16.6 Å². The Morgan fingerprint density at radius 3 is 2.69 bits per heavy atom. The number of carbonyl (C=O) groups excluding carboxylic acids is 3. The SMILES string of the molecule is C#CCNC(=O)c1ccccc1NC(=O)C1CC(=O)N(c2ccc(F)cc2F)C1. The standard InChI is InChI=1S/C21H17F2N3O3/c1-2-9-24-21(29)15-5-3-4-6-17(15)25-20(28)13-10-19(27)26(12-13)18-8-7-14(22)11-16(18)23/h1,3-8,11,13H,9-10,12H2,(H,24,29)(H,25,28). The lowest BCUT2D eigenvalue weighted by molar-refractivity contribution is -0.122. The van der Waals surface area contributed by atoms with Crippen LogP contribution in [-0.2, 0) is 9.59 Å². The number of hydrogen-bond donors (Lipinski definition) is 2. The molecule has 2 N–H and O–H groups in total. The third-order valence-electron chi connectivity index (χ3n) is 4.48. The van der Waals surface area contributed by atoms with E-state index in [0.717, 1.165) is 17.0 Å². The molecule has 0 aliphatic carbocycles. The van der Waals surface area contributed by atoms with Crippen molar-refractivity contribution in [3.8, 4) is 12.3 Å². The number of anilines is 2. The van der Waals surface area contributed by atoms with Crippen LogP contribution >= 0.6 is 0 Å². The molecule has 3 rings (SSSR count). The van der Waals surface area contributed by atoms with Gasteiger partial charge in [0.1, 0.15) is 11.6 Å². The van der Waals surface area contributed by atoms with Crippen LogP contribution in [0.5, 0.6) is 0 Å². The van der Waals surface area contributed by atoms with Crippen molar-refractivity contribution < 1.29 is 23.2 Å². The number of carbonyl (C=O) groups is 3. The highest BCUT2D eigenvalue weighted by Crippen LogP contribution is 2.29. The van der Waals surface area contributed by atoms with Gasteiger partial charge in [-0.2, -0.15) is 0 Å². The number of amides is 3.